The van der Waals surface area contributed by atoms with E-state index < -0.39 is 0 Å². The molecule has 112 valence electrons. The Morgan fingerprint density at radius 3 is 3.05 bits per heavy atom. The molecule has 1 aromatic rings. The van der Waals surface area contributed by atoms with E-state index in [1.807, 2.05) is 23.1 Å². The second-order valence-electron chi connectivity index (χ2n) is 5.84. The molecule has 5 heteroatoms. The van der Waals surface area contributed by atoms with Crippen LogP contribution >= 0.6 is 0 Å². The van der Waals surface area contributed by atoms with Crippen molar-refractivity contribution >= 4 is 17.5 Å². The van der Waals surface area contributed by atoms with Crippen LogP contribution in [0.4, 0.5) is 5.69 Å². The number of aryl methyl sites for hydroxylation is 1. The minimum Gasteiger partial charge on any atom is -0.385 e. The first-order valence-electron chi connectivity index (χ1n) is 7.56. The Labute approximate surface area is 124 Å². The molecule has 0 bridgehead atoms. The number of benzene rings is 1. The van der Waals surface area contributed by atoms with Crippen molar-refractivity contribution in [1.82, 2.24) is 10.2 Å². The van der Waals surface area contributed by atoms with Gasteiger partial charge in [0.15, 0.2) is 0 Å². The Bertz CT molecular complexity index is 571. The van der Waals surface area contributed by atoms with E-state index in [0.29, 0.717) is 13.1 Å². The molecule has 1 fully saturated rings. The lowest BCUT2D eigenvalue weighted by molar-refractivity contribution is -0.119. The Balaban J connectivity index is 1.70. The van der Waals surface area contributed by atoms with Crippen molar-refractivity contribution in [2.45, 2.75) is 32.2 Å². The summed E-state index contributed by atoms with van der Waals surface area (Å²) in [5, 5.41) is 6.24. The first kappa shape index (κ1) is 13.9. The summed E-state index contributed by atoms with van der Waals surface area (Å²) in [7, 11) is 0. The highest BCUT2D eigenvalue weighted by molar-refractivity contribution is 5.95. The number of carbonyl (C=O) groups is 2. The highest BCUT2D eigenvalue weighted by Crippen LogP contribution is 2.24. The number of nitrogens with one attached hydrogen (secondary N) is 2. The zero-order valence-electron chi connectivity index (χ0n) is 12.3. The molecule has 3 rings (SSSR count). The van der Waals surface area contributed by atoms with Crippen LogP contribution in [0.25, 0.3) is 0 Å². The number of amides is 2. The summed E-state index contributed by atoms with van der Waals surface area (Å²) in [5.41, 5.74) is 3.13. The third-order valence-electron chi connectivity index (χ3n) is 4.17. The first-order valence-corrected chi connectivity index (χ1v) is 7.56. The molecule has 2 aliphatic rings. The molecule has 5 nitrogen and oxygen atoms in total. The van der Waals surface area contributed by atoms with Gasteiger partial charge in [-0.05, 0) is 43.0 Å². The number of rotatable bonds is 2. The summed E-state index contributed by atoms with van der Waals surface area (Å²) in [4.78, 5) is 25.5. The largest absolute Gasteiger partial charge is 0.385 e. The quantitative estimate of drug-likeness (QED) is 0.864. The van der Waals surface area contributed by atoms with Gasteiger partial charge in [0.1, 0.15) is 0 Å². The van der Waals surface area contributed by atoms with Crippen LogP contribution < -0.4 is 10.6 Å². The predicted octanol–water partition coefficient (Wildman–Crippen LogP) is 1.40. The van der Waals surface area contributed by atoms with Gasteiger partial charge in [-0.2, -0.15) is 0 Å². The second kappa shape index (κ2) is 5.76. The van der Waals surface area contributed by atoms with Gasteiger partial charge in [0.25, 0.3) is 5.91 Å². The maximum Gasteiger partial charge on any atom is 0.253 e. The van der Waals surface area contributed by atoms with Gasteiger partial charge in [-0.15, -0.1) is 0 Å². The van der Waals surface area contributed by atoms with Crippen molar-refractivity contribution in [2.24, 2.45) is 0 Å². The number of fused-ring (bicyclic) bond motifs is 1. The SMILES string of the molecule is CC(=O)NC1CCN(C(=O)c2ccc3c(c2)CCCN3)C1. The molecule has 1 saturated heterocycles. The minimum atomic E-state index is -0.0332. The summed E-state index contributed by atoms with van der Waals surface area (Å²) < 4.78 is 0. The van der Waals surface area contributed by atoms with Crippen LogP contribution in [0.3, 0.4) is 0 Å². The third-order valence-corrected chi connectivity index (χ3v) is 4.17. The predicted molar refractivity (Wildman–Crippen MR) is 81.4 cm³/mol. The average Bonchev–Trinajstić information content (AvgIpc) is 2.93. The number of likely N-dealkylation sites (tertiary alicyclic amines) is 1. The van der Waals surface area contributed by atoms with E-state index in [4.69, 9.17) is 0 Å². The Morgan fingerprint density at radius 1 is 1.38 bits per heavy atom. The average molecular weight is 287 g/mol. The van der Waals surface area contributed by atoms with Gasteiger partial charge >= 0.3 is 0 Å². The number of carbonyl (C=O) groups excluding carboxylic acids is 2. The van der Waals surface area contributed by atoms with Crippen molar-refractivity contribution < 1.29 is 9.59 Å². The molecular formula is C16H21N3O2. The molecule has 2 N–H and O–H groups in total. The van der Waals surface area contributed by atoms with E-state index in [1.54, 1.807) is 0 Å². The normalized spacial score (nSPS) is 20.6. The highest BCUT2D eigenvalue weighted by atomic mass is 16.2. The molecular weight excluding hydrogens is 266 g/mol. The lowest BCUT2D eigenvalue weighted by Gasteiger charge is -2.21. The first-order chi connectivity index (χ1) is 10.1. The topological polar surface area (TPSA) is 61.4 Å². The van der Waals surface area contributed by atoms with Crippen LogP contribution in [0, 0.1) is 0 Å². The molecule has 21 heavy (non-hydrogen) atoms. The van der Waals surface area contributed by atoms with E-state index in [9.17, 15) is 9.59 Å². The smallest absolute Gasteiger partial charge is 0.253 e. The summed E-state index contributed by atoms with van der Waals surface area (Å²) in [6.45, 7) is 3.83. The van der Waals surface area contributed by atoms with E-state index in [-0.39, 0.29) is 17.9 Å². The van der Waals surface area contributed by atoms with E-state index >= 15 is 0 Å². The molecule has 0 aromatic heterocycles. The van der Waals surface area contributed by atoms with Gasteiger partial charge < -0.3 is 15.5 Å². The summed E-state index contributed by atoms with van der Waals surface area (Å²) in [6.07, 6.45) is 2.97. The van der Waals surface area contributed by atoms with E-state index in [0.717, 1.165) is 37.1 Å². The number of hydrogen-bond acceptors (Lipinski definition) is 3. The van der Waals surface area contributed by atoms with Crippen molar-refractivity contribution in [2.75, 3.05) is 25.0 Å². The summed E-state index contributed by atoms with van der Waals surface area (Å²) in [5.74, 6) is 0.0328. The maximum absolute atomic E-state index is 12.6. The number of nitrogens with zero attached hydrogens (tertiary/aromatic N) is 1. The van der Waals surface area contributed by atoms with Crippen LogP contribution in [0.1, 0.15) is 35.7 Å². The molecule has 0 saturated carbocycles. The maximum atomic E-state index is 12.6. The summed E-state index contributed by atoms with van der Waals surface area (Å²) in [6, 6.07) is 6.00. The van der Waals surface area contributed by atoms with Crippen molar-refractivity contribution in [3.8, 4) is 0 Å². The molecule has 0 radical (unpaired) electrons. The van der Waals surface area contributed by atoms with Gasteiger partial charge in [-0.1, -0.05) is 0 Å². The van der Waals surface area contributed by atoms with Gasteiger partial charge in [-0.25, -0.2) is 0 Å². The van der Waals surface area contributed by atoms with Crippen molar-refractivity contribution in [1.29, 1.82) is 0 Å². The molecule has 0 spiro atoms. The van der Waals surface area contributed by atoms with E-state index in [2.05, 4.69) is 10.6 Å². The zero-order valence-corrected chi connectivity index (χ0v) is 12.3. The molecule has 2 aliphatic heterocycles. The lowest BCUT2D eigenvalue weighted by Crippen LogP contribution is -2.37. The van der Waals surface area contributed by atoms with Crippen molar-refractivity contribution in [3.05, 3.63) is 29.3 Å². The number of hydrogen-bond donors (Lipinski definition) is 2. The fourth-order valence-electron chi connectivity index (χ4n) is 3.14. The van der Waals surface area contributed by atoms with E-state index in [1.165, 1.54) is 12.5 Å². The standard InChI is InChI=1S/C16H21N3O2/c1-11(20)18-14-6-8-19(10-14)16(21)13-4-5-15-12(9-13)3-2-7-17-15/h4-5,9,14,17H,2-3,6-8,10H2,1H3,(H,18,20). The van der Waals surface area contributed by atoms with Crippen LogP contribution in [0.5, 0.6) is 0 Å². The molecule has 0 aliphatic carbocycles. The van der Waals surface area contributed by atoms with Crippen molar-refractivity contribution in [3.63, 3.8) is 0 Å². The zero-order chi connectivity index (χ0) is 14.8. The molecule has 1 atom stereocenters. The van der Waals surface area contributed by atoms with Crippen LogP contribution in [-0.2, 0) is 11.2 Å². The number of anilines is 1. The monoisotopic (exact) mass is 287 g/mol. The Kier molecular flexibility index (Phi) is 3.82. The van der Waals surface area contributed by atoms with Gasteiger partial charge in [-0.3, -0.25) is 9.59 Å². The molecule has 2 amide bonds. The Hall–Kier alpha value is -2.04. The van der Waals surface area contributed by atoms with Gasteiger partial charge in [0.2, 0.25) is 5.91 Å². The highest BCUT2D eigenvalue weighted by Gasteiger charge is 2.27. The van der Waals surface area contributed by atoms with Gasteiger partial charge in [0, 0.05) is 43.9 Å². The van der Waals surface area contributed by atoms with Crippen LogP contribution in [0.2, 0.25) is 0 Å². The van der Waals surface area contributed by atoms with Gasteiger partial charge in [0.05, 0.1) is 0 Å². The molecule has 1 aromatic carbocycles. The second-order valence-corrected chi connectivity index (χ2v) is 5.84. The summed E-state index contributed by atoms with van der Waals surface area (Å²) >= 11 is 0. The lowest BCUT2D eigenvalue weighted by atomic mass is 10.0. The van der Waals surface area contributed by atoms with Crippen LogP contribution in [0.15, 0.2) is 18.2 Å². The molecule has 1 unspecified atom stereocenters. The Morgan fingerprint density at radius 2 is 2.24 bits per heavy atom. The molecule has 2 heterocycles. The minimum absolute atomic E-state index is 0.0332. The fourth-order valence-corrected chi connectivity index (χ4v) is 3.14. The van der Waals surface area contributed by atoms with Crippen LogP contribution in [-0.4, -0.2) is 42.4 Å². The third kappa shape index (κ3) is 3.01. The fraction of sp³-hybridized carbons (Fsp3) is 0.500.